The zero-order chi connectivity index (χ0) is 14.3. The first kappa shape index (κ1) is 13.8. The molecule has 2 aliphatic rings. The molecule has 108 valence electrons. The molecular weight excluding hydrogens is 289 g/mol. The van der Waals surface area contributed by atoms with Crippen LogP contribution in [0.4, 0.5) is 13.2 Å². The van der Waals surface area contributed by atoms with Gasteiger partial charge in [-0.15, -0.1) is 0 Å². The molecule has 1 aromatic rings. The fourth-order valence-electron chi connectivity index (χ4n) is 2.74. The van der Waals surface area contributed by atoms with Crippen LogP contribution in [0.2, 0.25) is 0 Å². The Kier molecular flexibility index (Phi) is 3.64. The van der Waals surface area contributed by atoms with Crippen molar-refractivity contribution in [3.63, 3.8) is 0 Å². The van der Waals surface area contributed by atoms with E-state index < -0.39 is 22.7 Å². The van der Waals surface area contributed by atoms with Crippen LogP contribution in [0.1, 0.15) is 17.2 Å². The summed E-state index contributed by atoms with van der Waals surface area (Å²) in [6, 6.07) is 1.21. The number of benzene rings is 1. The van der Waals surface area contributed by atoms with Gasteiger partial charge >= 0.3 is 0 Å². The number of halogens is 3. The number of thioether (sulfide) groups is 1. The average Bonchev–Trinajstić information content (AvgIpc) is 2.37. The Hall–Kier alpha value is -1.21. The molecule has 3 nitrogen and oxygen atoms in total. The van der Waals surface area contributed by atoms with Crippen molar-refractivity contribution in [2.45, 2.75) is 17.7 Å². The largest absolute Gasteiger partial charge is 0.379 e. The van der Waals surface area contributed by atoms with E-state index in [2.05, 4.69) is 4.99 Å². The van der Waals surface area contributed by atoms with E-state index in [4.69, 9.17) is 10.5 Å². The average molecular weight is 302 g/mol. The maximum atomic E-state index is 14.0. The molecule has 0 aromatic heterocycles. The number of amidine groups is 1. The summed E-state index contributed by atoms with van der Waals surface area (Å²) in [5.41, 5.74) is 5.62. The summed E-state index contributed by atoms with van der Waals surface area (Å²) in [4.78, 5) is 4.27. The molecule has 1 saturated heterocycles. The molecular formula is C13H13F3N2OS. The smallest absolute Gasteiger partial charge is 0.154 e. The van der Waals surface area contributed by atoms with Crippen molar-refractivity contribution in [3.05, 3.63) is 35.1 Å². The molecule has 20 heavy (non-hydrogen) atoms. The first-order valence-electron chi connectivity index (χ1n) is 6.28. The van der Waals surface area contributed by atoms with Crippen molar-refractivity contribution in [3.8, 4) is 0 Å². The number of rotatable bonds is 1. The third-order valence-corrected chi connectivity index (χ3v) is 4.82. The standard InChI is InChI=1S/C13H13F3N2OS/c14-6-3-8(15)11(9(16)4-6)12-7-1-2-19-5-10(7)18-13(17)20-12/h3-4,7,10,12H,1-2,5H2,(H2,17,18). The molecule has 0 amide bonds. The van der Waals surface area contributed by atoms with Gasteiger partial charge in [-0.25, -0.2) is 13.2 Å². The van der Waals surface area contributed by atoms with Crippen LogP contribution < -0.4 is 5.73 Å². The Labute approximate surface area is 118 Å². The molecule has 3 atom stereocenters. The molecule has 0 radical (unpaired) electrons. The predicted molar refractivity (Wildman–Crippen MR) is 71.0 cm³/mol. The van der Waals surface area contributed by atoms with Crippen molar-refractivity contribution < 1.29 is 17.9 Å². The minimum atomic E-state index is -0.922. The van der Waals surface area contributed by atoms with Crippen LogP contribution in [0.25, 0.3) is 0 Å². The zero-order valence-corrected chi connectivity index (χ0v) is 11.3. The highest BCUT2D eigenvalue weighted by molar-refractivity contribution is 8.14. The topological polar surface area (TPSA) is 47.6 Å². The van der Waals surface area contributed by atoms with E-state index in [1.54, 1.807) is 0 Å². The number of nitrogens with zero attached hydrogens (tertiary/aromatic N) is 1. The van der Waals surface area contributed by atoms with Gasteiger partial charge in [-0.05, 0) is 6.42 Å². The summed E-state index contributed by atoms with van der Waals surface area (Å²) in [5, 5.41) is -0.216. The second-order valence-electron chi connectivity index (χ2n) is 4.88. The van der Waals surface area contributed by atoms with Gasteiger partial charge in [0.05, 0.1) is 12.6 Å². The Bertz CT molecular complexity index is 544. The van der Waals surface area contributed by atoms with Gasteiger partial charge in [0.15, 0.2) is 5.17 Å². The molecule has 1 aromatic carbocycles. The van der Waals surface area contributed by atoms with Crippen molar-refractivity contribution >= 4 is 16.9 Å². The normalized spacial score (nSPS) is 29.8. The molecule has 7 heteroatoms. The molecule has 2 N–H and O–H groups in total. The summed E-state index contributed by atoms with van der Waals surface area (Å²) in [5.74, 6) is -2.73. The van der Waals surface area contributed by atoms with Gasteiger partial charge in [0.1, 0.15) is 17.5 Å². The van der Waals surface area contributed by atoms with Crippen LogP contribution in [0, 0.1) is 23.4 Å². The lowest BCUT2D eigenvalue weighted by Crippen LogP contribution is -2.39. The van der Waals surface area contributed by atoms with Crippen molar-refractivity contribution in [2.75, 3.05) is 13.2 Å². The lowest BCUT2D eigenvalue weighted by atomic mass is 9.87. The van der Waals surface area contributed by atoms with Gasteiger partial charge in [0, 0.05) is 35.5 Å². The van der Waals surface area contributed by atoms with Crippen LogP contribution in [0.3, 0.4) is 0 Å². The summed E-state index contributed by atoms with van der Waals surface area (Å²) >= 11 is 1.13. The summed E-state index contributed by atoms with van der Waals surface area (Å²) in [6.07, 6.45) is 0.648. The highest BCUT2D eigenvalue weighted by Crippen LogP contribution is 2.46. The highest BCUT2D eigenvalue weighted by atomic mass is 32.2. The lowest BCUT2D eigenvalue weighted by Gasteiger charge is -2.38. The molecule has 2 aliphatic heterocycles. The number of aliphatic imine (C=N–C) groups is 1. The second-order valence-corrected chi connectivity index (χ2v) is 6.05. The minimum absolute atomic E-state index is 0.0597. The molecule has 0 bridgehead atoms. The van der Waals surface area contributed by atoms with Gasteiger partial charge in [0.2, 0.25) is 0 Å². The Morgan fingerprint density at radius 1 is 1.25 bits per heavy atom. The molecule has 3 rings (SSSR count). The minimum Gasteiger partial charge on any atom is -0.379 e. The van der Waals surface area contributed by atoms with Gasteiger partial charge < -0.3 is 10.5 Å². The molecule has 0 aliphatic carbocycles. The second kappa shape index (κ2) is 5.29. The molecule has 3 unspecified atom stereocenters. The molecule has 1 fully saturated rings. The van der Waals surface area contributed by atoms with Crippen molar-refractivity contribution in [1.29, 1.82) is 0 Å². The number of fused-ring (bicyclic) bond motifs is 1. The van der Waals surface area contributed by atoms with Crippen molar-refractivity contribution in [2.24, 2.45) is 16.6 Å². The number of hydrogen-bond acceptors (Lipinski definition) is 4. The van der Waals surface area contributed by atoms with Crippen LogP contribution in [0.5, 0.6) is 0 Å². The van der Waals surface area contributed by atoms with Gasteiger partial charge in [-0.3, -0.25) is 4.99 Å². The van der Waals surface area contributed by atoms with Gasteiger partial charge in [-0.2, -0.15) is 0 Å². The van der Waals surface area contributed by atoms with E-state index >= 15 is 0 Å². The van der Waals surface area contributed by atoms with E-state index in [0.29, 0.717) is 31.8 Å². The third kappa shape index (κ3) is 2.40. The van der Waals surface area contributed by atoms with Crippen LogP contribution in [-0.2, 0) is 4.74 Å². The SMILES string of the molecule is NC1=NC2COCCC2C(c2c(F)cc(F)cc2F)S1. The fourth-order valence-corrected chi connectivity index (χ4v) is 4.03. The van der Waals surface area contributed by atoms with E-state index in [1.165, 1.54) is 0 Å². The fraction of sp³-hybridized carbons (Fsp3) is 0.462. The molecule has 2 heterocycles. The third-order valence-electron chi connectivity index (χ3n) is 3.64. The maximum absolute atomic E-state index is 14.0. The monoisotopic (exact) mass is 302 g/mol. The first-order valence-corrected chi connectivity index (χ1v) is 7.16. The quantitative estimate of drug-likeness (QED) is 0.867. The van der Waals surface area contributed by atoms with Crippen LogP contribution in [-0.4, -0.2) is 24.4 Å². The molecule has 0 spiro atoms. The summed E-state index contributed by atoms with van der Waals surface area (Å²) in [7, 11) is 0. The van der Waals surface area contributed by atoms with Crippen molar-refractivity contribution in [1.82, 2.24) is 0 Å². The van der Waals surface area contributed by atoms with E-state index in [0.717, 1.165) is 11.8 Å². The zero-order valence-electron chi connectivity index (χ0n) is 10.5. The predicted octanol–water partition coefficient (Wildman–Crippen LogP) is 2.61. The Morgan fingerprint density at radius 2 is 1.95 bits per heavy atom. The van der Waals surface area contributed by atoms with E-state index in [-0.39, 0.29) is 22.7 Å². The summed E-state index contributed by atoms with van der Waals surface area (Å²) in [6.45, 7) is 0.922. The number of ether oxygens (including phenoxy) is 1. The van der Waals surface area contributed by atoms with Crippen LogP contribution in [0.15, 0.2) is 17.1 Å². The Balaban J connectivity index is 2.02. The van der Waals surface area contributed by atoms with Gasteiger partial charge in [0.25, 0.3) is 0 Å². The first-order chi connectivity index (χ1) is 9.56. The molecule has 0 saturated carbocycles. The summed E-state index contributed by atoms with van der Waals surface area (Å²) < 4.78 is 46.3. The Morgan fingerprint density at radius 3 is 2.65 bits per heavy atom. The maximum Gasteiger partial charge on any atom is 0.154 e. The lowest BCUT2D eigenvalue weighted by molar-refractivity contribution is 0.0480. The van der Waals surface area contributed by atoms with Gasteiger partial charge in [-0.1, -0.05) is 11.8 Å². The van der Waals surface area contributed by atoms with E-state index in [1.807, 2.05) is 0 Å². The van der Waals surface area contributed by atoms with E-state index in [9.17, 15) is 13.2 Å². The number of hydrogen-bond donors (Lipinski definition) is 1. The highest BCUT2D eigenvalue weighted by Gasteiger charge is 2.40. The number of nitrogens with two attached hydrogens (primary N) is 1. The van der Waals surface area contributed by atoms with Crippen LogP contribution >= 0.6 is 11.8 Å².